The Balaban J connectivity index is 0.00000196. The zero-order valence-electron chi connectivity index (χ0n) is 8.38. The van der Waals surface area contributed by atoms with E-state index < -0.39 is 0 Å². The van der Waals surface area contributed by atoms with Crippen molar-refractivity contribution in [2.75, 3.05) is 19.6 Å². The molecule has 0 unspecified atom stereocenters. The van der Waals surface area contributed by atoms with E-state index in [1.165, 1.54) is 11.3 Å². The molecule has 0 spiro atoms. The summed E-state index contributed by atoms with van der Waals surface area (Å²) in [5.41, 5.74) is 0. The zero-order chi connectivity index (χ0) is 10.4. The third-order valence-electron chi connectivity index (χ3n) is 1.66. The fourth-order valence-corrected chi connectivity index (χ4v) is 2.44. The van der Waals surface area contributed by atoms with E-state index in [9.17, 15) is 4.79 Å². The van der Waals surface area contributed by atoms with Crippen LogP contribution in [0.25, 0.3) is 0 Å². The van der Waals surface area contributed by atoms with Gasteiger partial charge in [0.2, 0.25) is 0 Å². The molecule has 0 atom stereocenters. The number of rotatable bonds is 5. The molecule has 1 aromatic heterocycles. The van der Waals surface area contributed by atoms with Gasteiger partial charge in [0.1, 0.15) is 4.88 Å². The lowest BCUT2D eigenvalue weighted by molar-refractivity contribution is 0.0957. The van der Waals surface area contributed by atoms with Gasteiger partial charge in [-0.25, -0.2) is 0 Å². The topological polar surface area (TPSA) is 41.1 Å². The highest BCUT2D eigenvalue weighted by Crippen LogP contribution is 2.21. The van der Waals surface area contributed by atoms with Crippen molar-refractivity contribution in [1.82, 2.24) is 10.6 Å². The Hall–Kier alpha value is -0.100. The van der Waals surface area contributed by atoms with Gasteiger partial charge in [-0.2, -0.15) is 0 Å². The summed E-state index contributed by atoms with van der Waals surface area (Å²) >= 11 is 4.77. The number of carbonyl (C=O) groups excluding carboxylic acids is 1. The van der Waals surface area contributed by atoms with Crippen LogP contribution < -0.4 is 10.6 Å². The Morgan fingerprint density at radius 2 is 2.27 bits per heavy atom. The van der Waals surface area contributed by atoms with Crippen LogP contribution in [0.5, 0.6) is 0 Å². The standard InChI is InChI=1S/C9H13BrN2OS.ClH/c1-2-11-4-5-12-9(13)8-7(10)3-6-14-8;/h3,6,11H,2,4-5H2,1H3,(H,12,13);1H. The van der Waals surface area contributed by atoms with Crippen LogP contribution in [0.3, 0.4) is 0 Å². The molecular formula is C9H14BrClN2OS. The predicted octanol–water partition coefficient (Wildman–Crippen LogP) is 2.27. The highest BCUT2D eigenvalue weighted by molar-refractivity contribution is 9.10. The minimum Gasteiger partial charge on any atom is -0.350 e. The quantitative estimate of drug-likeness (QED) is 0.819. The number of halogens is 2. The molecule has 0 aromatic carbocycles. The average molecular weight is 314 g/mol. The molecule has 3 nitrogen and oxygen atoms in total. The van der Waals surface area contributed by atoms with E-state index >= 15 is 0 Å². The minimum absolute atomic E-state index is 0. The van der Waals surface area contributed by atoms with Crippen molar-refractivity contribution in [2.24, 2.45) is 0 Å². The van der Waals surface area contributed by atoms with E-state index in [-0.39, 0.29) is 18.3 Å². The Bertz CT molecular complexity index is 306. The molecule has 0 radical (unpaired) electrons. The minimum atomic E-state index is -0.00946. The lowest BCUT2D eigenvalue weighted by atomic mass is 10.4. The SMILES string of the molecule is CCNCCNC(=O)c1sccc1Br.Cl. The van der Waals surface area contributed by atoms with Crippen LogP contribution >= 0.6 is 39.7 Å². The molecule has 0 aliphatic rings. The lowest BCUT2D eigenvalue weighted by Crippen LogP contribution is -2.31. The maximum absolute atomic E-state index is 11.5. The molecule has 1 rings (SSSR count). The fraction of sp³-hybridized carbons (Fsp3) is 0.444. The molecule has 0 aliphatic carbocycles. The summed E-state index contributed by atoms with van der Waals surface area (Å²) in [6, 6.07) is 1.88. The number of likely N-dealkylation sites (N-methyl/N-ethyl adjacent to an activating group) is 1. The maximum Gasteiger partial charge on any atom is 0.262 e. The third kappa shape index (κ3) is 4.97. The summed E-state index contributed by atoms with van der Waals surface area (Å²) in [4.78, 5) is 12.3. The van der Waals surface area contributed by atoms with Crippen molar-refractivity contribution in [3.05, 3.63) is 20.8 Å². The van der Waals surface area contributed by atoms with Gasteiger partial charge in [0, 0.05) is 17.6 Å². The van der Waals surface area contributed by atoms with Crippen LogP contribution in [0.2, 0.25) is 0 Å². The highest BCUT2D eigenvalue weighted by Gasteiger charge is 2.09. The summed E-state index contributed by atoms with van der Waals surface area (Å²) in [5.74, 6) is -0.00946. The second-order valence-corrected chi connectivity index (χ2v) is 4.48. The van der Waals surface area contributed by atoms with Gasteiger partial charge in [-0.3, -0.25) is 4.79 Å². The van der Waals surface area contributed by atoms with Gasteiger partial charge in [0.05, 0.1) is 0 Å². The van der Waals surface area contributed by atoms with Crippen LogP contribution in [-0.4, -0.2) is 25.5 Å². The first kappa shape index (κ1) is 14.9. The van der Waals surface area contributed by atoms with Crippen molar-refractivity contribution in [2.45, 2.75) is 6.92 Å². The Morgan fingerprint density at radius 3 is 2.80 bits per heavy atom. The predicted molar refractivity (Wildman–Crippen MR) is 70.1 cm³/mol. The molecule has 0 bridgehead atoms. The summed E-state index contributed by atoms with van der Waals surface area (Å²) in [5, 5.41) is 7.87. The molecule has 15 heavy (non-hydrogen) atoms. The maximum atomic E-state index is 11.5. The van der Waals surface area contributed by atoms with Gasteiger partial charge in [0.15, 0.2) is 0 Å². The Kier molecular flexibility index (Phi) is 8.04. The number of nitrogens with one attached hydrogen (secondary N) is 2. The first-order valence-corrected chi connectivity index (χ1v) is 6.15. The first-order chi connectivity index (χ1) is 6.75. The summed E-state index contributed by atoms with van der Waals surface area (Å²) in [6.45, 7) is 4.44. The van der Waals surface area contributed by atoms with E-state index in [0.717, 1.165) is 22.4 Å². The number of thiophene rings is 1. The number of carbonyl (C=O) groups is 1. The smallest absolute Gasteiger partial charge is 0.262 e. The molecule has 0 aliphatic heterocycles. The van der Waals surface area contributed by atoms with Crippen LogP contribution in [-0.2, 0) is 0 Å². The van der Waals surface area contributed by atoms with Crippen LogP contribution in [0.4, 0.5) is 0 Å². The van der Waals surface area contributed by atoms with Gasteiger partial charge < -0.3 is 10.6 Å². The van der Waals surface area contributed by atoms with Crippen molar-refractivity contribution in [3.8, 4) is 0 Å². The van der Waals surface area contributed by atoms with E-state index in [0.29, 0.717) is 6.54 Å². The normalized spacial score (nSPS) is 9.47. The lowest BCUT2D eigenvalue weighted by Gasteiger charge is -2.03. The largest absolute Gasteiger partial charge is 0.350 e. The van der Waals surface area contributed by atoms with Crippen molar-refractivity contribution in [1.29, 1.82) is 0 Å². The second kappa shape index (κ2) is 8.10. The number of hydrogen-bond acceptors (Lipinski definition) is 3. The van der Waals surface area contributed by atoms with Crippen LogP contribution in [0.15, 0.2) is 15.9 Å². The molecule has 2 N–H and O–H groups in total. The Morgan fingerprint density at radius 1 is 1.53 bits per heavy atom. The van der Waals surface area contributed by atoms with Crippen LogP contribution in [0.1, 0.15) is 16.6 Å². The van der Waals surface area contributed by atoms with Crippen molar-refractivity contribution in [3.63, 3.8) is 0 Å². The molecule has 6 heteroatoms. The van der Waals surface area contributed by atoms with E-state index in [1.807, 2.05) is 18.4 Å². The summed E-state index contributed by atoms with van der Waals surface area (Å²) < 4.78 is 0.864. The monoisotopic (exact) mass is 312 g/mol. The first-order valence-electron chi connectivity index (χ1n) is 4.47. The summed E-state index contributed by atoms with van der Waals surface area (Å²) in [6.07, 6.45) is 0. The molecule has 1 aromatic rings. The average Bonchev–Trinajstić information content (AvgIpc) is 2.59. The van der Waals surface area contributed by atoms with E-state index in [1.54, 1.807) is 0 Å². The zero-order valence-corrected chi connectivity index (χ0v) is 11.6. The van der Waals surface area contributed by atoms with Crippen molar-refractivity contribution >= 4 is 45.6 Å². The molecule has 0 fully saturated rings. The fourth-order valence-electron chi connectivity index (χ4n) is 0.977. The van der Waals surface area contributed by atoms with E-state index in [4.69, 9.17) is 0 Å². The number of hydrogen-bond donors (Lipinski definition) is 2. The molecule has 1 heterocycles. The van der Waals surface area contributed by atoms with Gasteiger partial charge in [0.25, 0.3) is 5.91 Å². The van der Waals surface area contributed by atoms with Gasteiger partial charge >= 0.3 is 0 Å². The van der Waals surface area contributed by atoms with Gasteiger partial charge in [-0.15, -0.1) is 23.7 Å². The van der Waals surface area contributed by atoms with E-state index in [2.05, 4.69) is 26.6 Å². The molecule has 1 amide bonds. The molecule has 0 saturated heterocycles. The van der Waals surface area contributed by atoms with Crippen molar-refractivity contribution < 1.29 is 4.79 Å². The van der Waals surface area contributed by atoms with Gasteiger partial charge in [-0.05, 0) is 33.9 Å². The van der Waals surface area contributed by atoms with Gasteiger partial charge in [-0.1, -0.05) is 6.92 Å². The second-order valence-electron chi connectivity index (χ2n) is 2.71. The third-order valence-corrected chi connectivity index (χ3v) is 3.50. The Labute approximate surface area is 108 Å². The molecular weight excluding hydrogens is 300 g/mol. The number of amides is 1. The summed E-state index contributed by atoms with van der Waals surface area (Å²) in [7, 11) is 0. The molecule has 0 saturated carbocycles. The highest BCUT2D eigenvalue weighted by atomic mass is 79.9. The van der Waals surface area contributed by atoms with Crippen LogP contribution in [0, 0.1) is 0 Å². The molecule has 86 valence electrons.